The van der Waals surface area contributed by atoms with E-state index in [-0.39, 0.29) is 18.9 Å². The summed E-state index contributed by atoms with van der Waals surface area (Å²) < 4.78 is 5.51. The molecule has 1 rings (SSSR count). The fourth-order valence-electron chi connectivity index (χ4n) is 3.13. The fraction of sp³-hybridized carbons (Fsp3) is 0.750. The third kappa shape index (κ3) is 2.47. The van der Waals surface area contributed by atoms with E-state index in [1.54, 1.807) is 6.20 Å². The summed E-state index contributed by atoms with van der Waals surface area (Å²) >= 11 is 0. The molecule has 0 N–H and O–H groups in total. The molecule has 0 saturated carbocycles. The van der Waals surface area contributed by atoms with Crippen LogP contribution in [-0.4, -0.2) is 13.1 Å². The zero-order valence-corrected chi connectivity index (χ0v) is 12.7. The first-order valence-corrected chi connectivity index (χ1v) is 7.99. The molecule has 16 heavy (non-hydrogen) atoms. The normalized spacial score (nSPS) is 12.3. The predicted octanol–water partition coefficient (Wildman–Crippen LogP) is 0.365. The molecule has 0 aliphatic carbocycles. The minimum Gasteiger partial charge on any atom is -0.632 e. The number of hydrogen-bond donors (Lipinski definition) is 0. The van der Waals surface area contributed by atoms with Crippen LogP contribution in [0.5, 0.6) is 0 Å². The van der Waals surface area contributed by atoms with Crippen LogP contribution in [0.4, 0.5) is 0 Å². The number of oxazole rings is 1. The number of hydrogen-bond acceptors (Lipinski definition) is 2. The second kappa shape index (κ2) is 6.09. The quantitative estimate of drug-likeness (QED) is 0.552. The molecule has 2 nitrogen and oxygen atoms in total. The molecule has 0 aliphatic heterocycles. The summed E-state index contributed by atoms with van der Waals surface area (Å²) in [4.78, 5) is 4.39. The average molecular weight is 231 g/mol. The summed E-state index contributed by atoms with van der Waals surface area (Å²) in [7, 11) is -1.66. The molecule has 0 saturated heterocycles. The molecule has 1 aromatic rings. The minimum atomic E-state index is -1.66. The van der Waals surface area contributed by atoms with Gasteiger partial charge in [-0.2, -0.15) is 0 Å². The van der Waals surface area contributed by atoms with Gasteiger partial charge in [0.25, 0.3) is 0 Å². The van der Waals surface area contributed by atoms with E-state index in [1.165, 1.54) is 0 Å². The molecule has 0 amide bonds. The Morgan fingerprint density at radius 2 is 1.50 bits per heavy atom. The van der Waals surface area contributed by atoms with Gasteiger partial charge in [0.05, 0.1) is 8.07 Å². The average Bonchev–Trinajstić information content (AvgIpc) is 2.55. The van der Waals surface area contributed by atoms with E-state index in [2.05, 4.69) is 52.8 Å². The van der Waals surface area contributed by atoms with Crippen molar-refractivity contribution < 1.29 is 23.3 Å². The summed E-state index contributed by atoms with van der Waals surface area (Å²) in [5.74, 6) is 0. The van der Waals surface area contributed by atoms with Gasteiger partial charge in [-0.15, -0.1) is 0 Å². The maximum absolute atomic E-state index is 5.51. The van der Waals surface area contributed by atoms with Gasteiger partial charge < -0.3 is 9.40 Å². The van der Waals surface area contributed by atoms with E-state index in [0.29, 0.717) is 16.6 Å². The maximum Gasteiger partial charge on any atom is 1.00 e. The first kappa shape index (κ1) is 16.0. The van der Waals surface area contributed by atoms with Crippen LogP contribution in [0.2, 0.25) is 16.6 Å². The molecule has 0 aromatic carbocycles. The van der Waals surface area contributed by atoms with Crippen LogP contribution in [0, 0.1) is 6.26 Å². The third-order valence-corrected chi connectivity index (χ3v) is 10.3. The topological polar surface area (TPSA) is 26.0 Å². The van der Waals surface area contributed by atoms with Crippen molar-refractivity contribution in [1.82, 2.24) is 4.98 Å². The van der Waals surface area contributed by atoms with Crippen LogP contribution >= 0.6 is 0 Å². The van der Waals surface area contributed by atoms with Gasteiger partial charge >= 0.3 is 18.9 Å². The zero-order valence-electron chi connectivity index (χ0n) is 11.7. The van der Waals surface area contributed by atoms with Gasteiger partial charge in [-0.3, -0.25) is 0 Å². The van der Waals surface area contributed by atoms with Crippen LogP contribution in [0.15, 0.2) is 10.6 Å². The van der Waals surface area contributed by atoms with E-state index in [9.17, 15) is 0 Å². The molecule has 1 aromatic heterocycles. The zero-order chi connectivity index (χ0) is 11.6. The monoisotopic (exact) mass is 231 g/mol. The molecule has 0 unspecified atom stereocenters. The van der Waals surface area contributed by atoms with E-state index in [4.69, 9.17) is 4.42 Å². The molecular weight excluding hydrogens is 209 g/mol. The Morgan fingerprint density at radius 1 is 1.06 bits per heavy atom. The van der Waals surface area contributed by atoms with E-state index in [1.807, 2.05) is 0 Å². The number of aromatic nitrogens is 1. The van der Waals surface area contributed by atoms with Gasteiger partial charge in [0, 0.05) is 5.51 Å². The van der Waals surface area contributed by atoms with Gasteiger partial charge in [0.1, 0.15) is 0 Å². The molecular formula is C12H22LiNOSi. The Kier molecular flexibility index (Phi) is 6.10. The predicted molar refractivity (Wildman–Crippen MR) is 66.0 cm³/mol. The Labute approximate surface area is 112 Å². The van der Waals surface area contributed by atoms with Crippen LogP contribution in [-0.2, 0) is 0 Å². The van der Waals surface area contributed by atoms with Crippen molar-refractivity contribution >= 4 is 13.6 Å². The fourth-order valence-corrected chi connectivity index (χ4v) is 9.14. The maximum atomic E-state index is 5.51. The molecule has 1 heterocycles. The Balaban J connectivity index is 0.00000225. The molecule has 86 valence electrons. The molecule has 0 radical (unpaired) electrons. The summed E-state index contributed by atoms with van der Waals surface area (Å²) in [6, 6.07) is 0. The van der Waals surface area contributed by atoms with E-state index >= 15 is 0 Å². The summed E-state index contributed by atoms with van der Waals surface area (Å²) in [6.07, 6.45) is 4.41. The summed E-state index contributed by atoms with van der Waals surface area (Å²) in [6.45, 7) is 13.8. The molecule has 0 atom stereocenters. The number of nitrogens with zero attached hydrogens (tertiary/aromatic N) is 1. The van der Waals surface area contributed by atoms with Crippen molar-refractivity contribution in [2.75, 3.05) is 0 Å². The van der Waals surface area contributed by atoms with Crippen molar-refractivity contribution in [2.24, 2.45) is 0 Å². The minimum absolute atomic E-state index is 0. The largest absolute Gasteiger partial charge is 1.00 e. The van der Waals surface area contributed by atoms with E-state index in [0.717, 1.165) is 5.51 Å². The van der Waals surface area contributed by atoms with Crippen molar-refractivity contribution in [2.45, 2.75) is 58.2 Å². The summed E-state index contributed by atoms with van der Waals surface area (Å²) in [5.41, 5.74) is 2.90. The van der Waals surface area contributed by atoms with Crippen LogP contribution < -0.4 is 24.4 Å². The Morgan fingerprint density at radius 3 is 1.75 bits per heavy atom. The first-order valence-electron chi connectivity index (χ1n) is 5.76. The Hall–Kier alpha value is 0.0243. The molecule has 0 bridgehead atoms. The van der Waals surface area contributed by atoms with Gasteiger partial charge in [0.2, 0.25) is 0 Å². The number of rotatable bonds is 4. The van der Waals surface area contributed by atoms with Crippen LogP contribution in [0.25, 0.3) is 0 Å². The van der Waals surface area contributed by atoms with Crippen molar-refractivity contribution in [3.8, 4) is 0 Å². The van der Waals surface area contributed by atoms with Crippen molar-refractivity contribution in [1.29, 1.82) is 0 Å². The summed E-state index contributed by atoms with van der Waals surface area (Å²) in [5, 5.41) is 0. The standard InChI is InChI=1S/C12H22NOSi.Li/c1-9(2)15(10(3)4,11(5)6)12-13-7-8-14-12;/h7,9-11H,1-6H3;/q-1;+1. The van der Waals surface area contributed by atoms with Gasteiger partial charge in [-0.1, -0.05) is 64.4 Å². The smallest absolute Gasteiger partial charge is 0.632 e. The van der Waals surface area contributed by atoms with Crippen LogP contribution in [0.1, 0.15) is 41.5 Å². The van der Waals surface area contributed by atoms with Crippen molar-refractivity contribution in [3.63, 3.8) is 0 Å². The second-order valence-electron chi connectivity index (χ2n) is 5.18. The molecule has 0 fully saturated rings. The molecule has 0 spiro atoms. The van der Waals surface area contributed by atoms with Gasteiger partial charge in [-0.05, 0) is 6.20 Å². The SMILES string of the molecule is CC(C)[Si](c1nc[c-]o1)(C(C)C)C(C)C.[Li+]. The molecule has 0 aliphatic rings. The van der Waals surface area contributed by atoms with Crippen molar-refractivity contribution in [3.05, 3.63) is 12.5 Å². The molecule has 4 heteroatoms. The second-order valence-corrected chi connectivity index (χ2v) is 10.9. The van der Waals surface area contributed by atoms with E-state index < -0.39 is 8.07 Å². The first-order chi connectivity index (χ1) is 6.94. The van der Waals surface area contributed by atoms with Gasteiger partial charge in [-0.25, -0.2) is 0 Å². The van der Waals surface area contributed by atoms with Crippen LogP contribution in [0.3, 0.4) is 0 Å². The Bertz CT molecular complexity index is 274. The van der Waals surface area contributed by atoms with Gasteiger partial charge in [0.15, 0.2) is 0 Å². The third-order valence-electron chi connectivity index (χ3n) is 3.63.